The minimum Gasteiger partial charge on any atom is -0.335 e. The van der Waals surface area contributed by atoms with E-state index in [0.717, 1.165) is 25.3 Å². The van der Waals surface area contributed by atoms with Gasteiger partial charge in [0.2, 0.25) is 5.91 Å². The summed E-state index contributed by atoms with van der Waals surface area (Å²) in [5, 5.41) is 0. The number of alkyl halides is 2. The predicted molar refractivity (Wildman–Crippen MR) is 74.5 cm³/mol. The molecule has 20 heavy (non-hydrogen) atoms. The van der Waals surface area contributed by atoms with Crippen molar-refractivity contribution in [1.82, 2.24) is 4.90 Å². The highest BCUT2D eigenvalue weighted by atomic mass is 19.3. The number of carbonyl (C=O) groups is 1. The summed E-state index contributed by atoms with van der Waals surface area (Å²) >= 11 is 0. The van der Waals surface area contributed by atoms with Crippen molar-refractivity contribution in [2.24, 2.45) is 5.41 Å². The Morgan fingerprint density at radius 1 is 1.20 bits per heavy atom. The molecule has 2 nitrogen and oxygen atoms in total. The molecule has 0 spiro atoms. The molecule has 1 aromatic rings. The van der Waals surface area contributed by atoms with Gasteiger partial charge in [-0.1, -0.05) is 30.3 Å². The third-order valence-electron chi connectivity index (χ3n) is 4.33. The number of likely N-dealkylation sites (tertiary alicyclic amines) is 1. The molecule has 0 aliphatic carbocycles. The fraction of sp³-hybridized carbons (Fsp3) is 0.562. The standard InChI is InChI=1S/C16H21F2NO/c1-15(2,16(3,17)18)14(20)19-11-7-10-13(19)12-8-5-4-6-9-12/h4-6,8-9,13H,7,10-11H2,1-3H3. The zero-order valence-corrected chi connectivity index (χ0v) is 12.2. The highest BCUT2D eigenvalue weighted by Gasteiger charge is 2.51. The van der Waals surface area contributed by atoms with Gasteiger partial charge in [-0.2, -0.15) is 0 Å². The van der Waals surface area contributed by atoms with Crippen LogP contribution in [0.2, 0.25) is 0 Å². The first-order chi connectivity index (χ1) is 9.25. The number of nitrogens with zero attached hydrogens (tertiary/aromatic N) is 1. The fourth-order valence-corrected chi connectivity index (χ4v) is 2.58. The largest absolute Gasteiger partial charge is 0.335 e. The van der Waals surface area contributed by atoms with E-state index in [1.807, 2.05) is 30.3 Å². The molecule has 4 heteroatoms. The van der Waals surface area contributed by atoms with Crippen LogP contribution in [0.5, 0.6) is 0 Å². The van der Waals surface area contributed by atoms with E-state index in [9.17, 15) is 13.6 Å². The Kier molecular flexibility index (Phi) is 3.85. The van der Waals surface area contributed by atoms with Crippen molar-refractivity contribution < 1.29 is 13.6 Å². The van der Waals surface area contributed by atoms with Crippen LogP contribution in [0, 0.1) is 5.41 Å². The highest BCUT2D eigenvalue weighted by Crippen LogP contribution is 2.41. The van der Waals surface area contributed by atoms with Crippen molar-refractivity contribution in [3.8, 4) is 0 Å². The van der Waals surface area contributed by atoms with Gasteiger partial charge in [-0.3, -0.25) is 4.79 Å². The molecule has 1 amide bonds. The van der Waals surface area contributed by atoms with Gasteiger partial charge in [-0.25, -0.2) is 8.78 Å². The van der Waals surface area contributed by atoms with E-state index in [0.29, 0.717) is 6.54 Å². The molecule has 1 saturated heterocycles. The molecule has 0 aromatic heterocycles. The van der Waals surface area contributed by atoms with Gasteiger partial charge in [0.1, 0.15) is 5.41 Å². The molecule has 0 saturated carbocycles. The van der Waals surface area contributed by atoms with Crippen LogP contribution in [0.25, 0.3) is 0 Å². The van der Waals surface area contributed by atoms with Crippen LogP contribution in [0.1, 0.15) is 45.2 Å². The summed E-state index contributed by atoms with van der Waals surface area (Å²) in [6, 6.07) is 9.56. The van der Waals surface area contributed by atoms with Crippen LogP contribution in [0.15, 0.2) is 30.3 Å². The Balaban J connectivity index is 2.26. The second-order valence-electron chi connectivity index (χ2n) is 6.08. The van der Waals surface area contributed by atoms with E-state index in [1.54, 1.807) is 4.90 Å². The third kappa shape index (κ3) is 2.56. The van der Waals surface area contributed by atoms with E-state index in [4.69, 9.17) is 0 Å². The maximum absolute atomic E-state index is 13.7. The molecule has 1 aliphatic heterocycles. The lowest BCUT2D eigenvalue weighted by Gasteiger charge is -2.36. The van der Waals surface area contributed by atoms with Gasteiger partial charge in [0.15, 0.2) is 0 Å². The van der Waals surface area contributed by atoms with Gasteiger partial charge in [-0.05, 0) is 32.3 Å². The minimum atomic E-state index is -3.03. The Labute approximate surface area is 118 Å². The van der Waals surface area contributed by atoms with Crippen molar-refractivity contribution in [2.45, 2.75) is 45.6 Å². The fourth-order valence-electron chi connectivity index (χ4n) is 2.58. The molecule has 1 fully saturated rings. The number of rotatable bonds is 3. The van der Waals surface area contributed by atoms with Crippen LogP contribution in [-0.4, -0.2) is 23.3 Å². The van der Waals surface area contributed by atoms with Gasteiger partial charge in [0.05, 0.1) is 6.04 Å². The molecule has 110 valence electrons. The van der Waals surface area contributed by atoms with Crippen molar-refractivity contribution in [3.63, 3.8) is 0 Å². The second-order valence-corrected chi connectivity index (χ2v) is 6.08. The molecule has 1 heterocycles. The van der Waals surface area contributed by atoms with Crippen LogP contribution in [0.4, 0.5) is 8.78 Å². The van der Waals surface area contributed by atoms with Gasteiger partial charge < -0.3 is 4.90 Å². The SMILES string of the molecule is CC(F)(F)C(C)(C)C(=O)N1CCCC1c1ccccc1. The van der Waals surface area contributed by atoms with Crippen molar-refractivity contribution in [3.05, 3.63) is 35.9 Å². The monoisotopic (exact) mass is 281 g/mol. The molecular weight excluding hydrogens is 260 g/mol. The number of hydrogen-bond acceptors (Lipinski definition) is 1. The Morgan fingerprint density at radius 3 is 2.35 bits per heavy atom. The number of amides is 1. The lowest BCUT2D eigenvalue weighted by atomic mass is 9.84. The average Bonchev–Trinajstić information content (AvgIpc) is 2.86. The quantitative estimate of drug-likeness (QED) is 0.819. The molecular formula is C16H21F2NO. The number of halogens is 2. The molecule has 0 radical (unpaired) electrons. The van der Waals surface area contributed by atoms with E-state index in [1.165, 1.54) is 13.8 Å². The topological polar surface area (TPSA) is 20.3 Å². The summed E-state index contributed by atoms with van der Waals surface area (Å²) in [6.07, 6.45) is 1.69. The summed E-state index contributed by atoms with van der Waals surface area (Å²) in [5.41, 5.74) is -0.654. The molecule has 1 aliphatic rings. The summed E-state index contributed by atoms with van der Waals surface area (Å²) in [4.78, 5) is 14.2. The normalized spacial score (nSPS) is 20.2. The Morgan fingerprint density at radius 2 is 1.80 bits per heavy atom. The van der Waals surface area contributed by atoms with Gasteiger partial charge in [0.25, 0.3) is 5.92 Å². The summed E-state index contributed by atoms with van der Waals surface area (Å²) in [6.45, 7) is 4.03. The van der Waals surface area contributed by atoms with Gasteiger partial charge >= 0.3 is 0 Å². The van der Waals surface area contributed by atoms with Crippen LogP contribution in [0.3, 0.4) is 0 Å². The molecule has 1 atom stereocenters. The summed E-state index contributed by atoms with van der Waals surface area (Å²) < 4.78 is 27.4. The van der Waals surface area contributed by atoms with E-state index in [2.05, 4.69) is 0 Å². The lowest BCUT2D eigenvalue weighted by Crippen LogP contribution is -2.49. The van der Waals surface area contributed by atoms with Gasteiger partial charge in [-0.15, -0.1) is 0 Å². The van der Waals surface area contributed by atoms with Crippen molar-refractivity contribution >= 4 is 5.91 Å². The van der Waals surface area contributed by atoms with Crippen molar-refractivity contribution in [1.29, 1.82) is 0 Å². The van der Waals surface area contributed by atoms with Crippen LogP contribution >= 0.6 is 0 Å². The van der Waals surface area contributed by atoms with Gasteiger partial charge in [0, 0.05) is 13.5 Å². The predicted octanol–water partition coefficient (Wildman–Crippen LogP) is 4.03. The summed E-state index contributed by atoms with van der Waals surface area (Å²) in [7, 11) is 0. The molecule has 0 bridgehead atoms. The Bertz CT molecular complexity index is 479. The highest BCUT2D eigenvalue weighted by molar-refractivity contribution is 5.83. The maximum atomic E-state index is 13.7. The lowest BCUT2D eigenvalue weighted by molar-refractivity contribution is -0.163. The smallest absolute Gasteiger partial charge is 0.259 e. The molecule has 0 N–H and O–H groups in total. The van der Waals surface area contributed by atoms with E-state index < -0.39 is 17.2 Å². The maximum Gasteiger partial charge on any atom is 0.259 e. The first kappa shape index (κ1) is 14.9. The number of hydrogen-bond donors (Lipinski definition) is 0. The van der Waals surface area contributed by atoms with E-state index >= 15 is 0 Å². The summed E-state index contributed by atoms with van der Waals surface area (Å²) in [5.74, 6) is -3.50. The zero-order valence-electron chi connectivity index (χ0n) is 12.2. The second kappa shape index (κ2) is 5.15. The third-order valence-corrected chi connectivity index (χ3v) is 4.33. The average molecular weight is 281 g/mol. The number of benzene rings is 1. The minimum absolute atomic E-state index is 0.0784. The van der Waals surface area contributed by atoms with E-state index in [-0.39, 0.29) is 6.04 Å². The molecule has 2 rings (SSSR count). The van der Waals surface area contributed by atoms with Crippen LogP contribution < -0.4 is 0 Å². The van der Waals surface area contributed by atoms with Crippen LogP contribution in [-0.2, 0) is 4.79 Å². The molecule has 1 unspecified atom stereocenters. The van der Waals surface area contributed by atoms with Crippen molar-refractivity contribution in [2.75, 3.05) is 6.54 Å². The first-order valence-electron chi connectivity index (χ1n) is 6.99. The Hall–Kier alpha value is -1.45. The first-order valence-corrected chi connectivity index (χ1v) is 6.99. The molecule has 1 aromatic carbocycles. The number of carbonyl (C=O) groups excluding carboxylic acids is 1. The zero-order chi connectivity index (χ0) is 15.0.